The maximum Gasteiger partial charge on any atom is 0.337 e. The third-order valence-corrected chi connectivity index (χ3v) is 3.63. The fourth-order valence-corrected chi connectivity index (χ4v) is 2.68. The Bertz CT molecular complexity index is 556. The van der Waals surface area contributed by atoms with Crippen molar-refractivity contribution >= 4 is 33.2 Å². The van der Waals surface area contributed by atoms with Crippen LogP contribution in [0.4, 0.5) is 0 Å². The van der Waals surface area contributed by atoms with E-state index in [0.29, 0.717) is 20.6 Å². The number of nitrogens with zero attached hydrogens (tertiary/aromatic N) is 1. The van der Waals surface area contributed by atoms with Crippen LogP contribution in [0.1, 0.15) is 27.0 Å². The lowest BCUT2D eigenvalue weighted by molar-refractivity contribution is 0.0600. The summed E-state index contributed by atoms with van der Waals surface area (Å²) in [5.41, 5.74) is 0.984. The van der Waals surface area contributed by atoms with Gasteiger partial charge in [-0.15, -0.1) is 11.3 Å². The fourth-order valence-electron chi connectivity index (χ4n) is 1.52. The van der Waals surface area contributed by atoms with Crippen molar-refractivity contribution < 1.29 is 14.6 Å². The van der Waals surface area contributed by atoms with Crippen molar-refractivity contribution in [2.24, 2.45) is 0 Å². The van der Waals surface area contributed by atoms with E-state index in [2.05, 4.69) is 25.7 Å². The van der Waals surface area contributed by atoms with Crippen molar-refractivity contribution in [2.45, 2.75) is 6.10 Å². The number of ether oxygens (including phenoxy) is 1. The number of carbonyl (C=O) groups excluding carboxylic acids is 1. The molecule has 0 aliphatic heterocycles. The first-order valence-corrected chi connectivity index (χ1v) is 6.75. The van der Waals surface area contributed by atoms with Gasteiger partial charge in [0.1, 0.15) is 11.1 Å². The Morgan fingerprint density at radius 1 is 1.50 bits per heavy atom. The van der Waals surface area contributed by atoms with Gasteiger partial charge in [-0.3, -0.25) is 0 Å². The van der Waals surface area contributed by atoms with Gasteiger partial charge in [0, 0.05) is 16.0 Å². The molecule has 4 nitrogen and oxygen atoms in total. The second kappa shape index (κ2) is 5.60. The van der Waals surface area contributed by atoms with Crippen LogP contribution >= 0.6 is 27.3 Å². The van der Waals surface area contributed by atoms with Gasteiger partial charge in [-0.05, 0) is 23.8 Å². The second-order valence-electron chi connectivity index (χ2n) is 3.54. The van der Waals surface area contributed by atoms with Crippen LogP contribution in [0.25, 0.3) is 0 Å². The first-order chi connectivity index (χ1) is 8.61. The highest BCUT2D eigenvalue weighted by atomic mass is 79.9. The summed E-state index contributed by atoms with van der Waals surface area (Å²) in [4.78, 5) is 15.5. The maximum absolute atomic E-state index is 11.5. The van der Waals surface area contributed by atoms with E-state index < -0.39 is 12.1 Å². The molecule has 0 amide bonds. The lowest BCUT2D eigenvalue weighted by Crippen LogP contribution is -2.05. The van der Waals surface area contributed by atoms with Gasteiger partial charge in [-0.25, -0.2) is 9.78 Å². The first-order valence-electron chi connectivity index (χ1n) is 5.08. The highest BCUT2D eigenvalue weighted by Crippen LogP contribution is 2.27. The summed E-state index contributed by atoms with van der Waals surface area (Å²) in [6.07, 6.45) is 0.786. The number of aliphatic hydroxyl groups excluding tert-OH is 1. The predicted octanol–water partition coefficient (Wildman–Crippen LogP) is 2.77. The minimum atomic E-state index is -0.842. The Hall–Kier alpha value is -1.24. The van der Waals surface area contributed by atoms with Gasteiger partial charge in [0.2, 0.25) is 0 Å². The molecule has 1 unspecified atom stereocenters. The van der Waals surface area contributed by atoms with Gasteiger partial charge in [0.15, 0.2) is 0 Å². The van der Waals surface area contributed by atoms with E-state index in [4.69, 9.17) is 0 Å². The number of aliphatic hydroxyl groups is 1. The first kappa shape index (κ1) is 13.2. The van der Waals surface area contributed by atoms with Crippen LogP contribution in [-0.2, 0) is 4.74 Å². The largest absolute Gasteiger partial charge is 0.465 e. The number of carbonyl (C=O) groups is 1. The summed E-state index contributed by atoms with van der Waals surface area (Å²) in [5, 5.41) is 12.5. The molecule has 0 spiro atoms. The molecule has 0 saturated carbocycles. The van der Waals surface area contributed by atoms with Gasteiger partial charge in [0.25, 0.3) is 0 Å². The highest BCUT2D eigenvalue weighted by molar-refractivity contribution is 9.10. The molecule has 0 saturated heterocycles. The number of methoxy groups -OCH3 is 1. The molecule has 1 heterocycles. The van der Waals surface area contributed by atoms with Gasteiger partial charge >= 0.3 is 5.97 Å². The summed E-state index contributed by atoms with van der Waals surface area (Å²) in [6.45, 7) is 0. The Balaban J connectivity index is 2.39. The average Bonchev–Trinajstić information content (AvgIpc) is 2.90. The Morgan fingerprint density at radius 2 is 2.28 bits per heavy atom. The number of halogens is 1. The molecule has 94 valence electrons. The molecule has 1 aromatic carbocycles. The van der Waals surface area contributed by atoms with Crippen molar-refractivity contribution in [2.75, 3.05) is 7.11 Å². The molecule has 1 N–H and O–H groups in total. The van der Waals surface area contributed by atoms with E-state index in [0.717, 1.165) is 0 Å². The van der Waals surface area contributed by atoms with E-state index in [9.17, 15) is 9.90 Å². The van der Waals surface area contributed by atoms with E-state index in [1.54, 1.807) is 29.8 Å². The Labute approximate surface area is 116 Å². The minimum absolute atomic E-state index is 0.387. The quantitative estimate of drug-likeness (QED) is 0.880. The molecule has 0 radical (unpaired) electrons. The van der Waals surface area contributed by atoms with Crippen molar-refractivity contribution in [3.8, 4) is 0 Å². The number of hydrogen-bond acceptors (Lipinski definition) is 5. The predicted molar refractivity (Wildman–Crippen MR) is 71.7 cm³/mol. The van der Waals surface area contributed by atoms with E-state index in [1.165, 1.54) is 18.4 Å². The smallest absolute Gasteiger partial charge is 0.337 e. The Morgan fingerprint density at radius 3 is 2.89 bits per heavy atom. The normalized spacial score (nSPS) is 12.2. The number of hydrogen-bond donors (Lipinski definition) is 1. The van der Waals surface area contributed by atoms with Gasteiger partial charge < -0.3 is 9.84 Å². The van der Waals surface area contributed by atoms with Crippen molar-refractivity contribution in [3.63, 3.8) is 0 Å². The van der Waals surface area contributed by atoms with E-state index in [-0.39, 0.29) is 0 Å². The molecule has 1 atom stereocenters. The molecule has 1 aromatic heterocycles. The number of benzene rings is 1. The number of rotatable bonds is 3. The third kappa shape index (κ3) is 2.77. The number of thiazole rings is 1. The van der Waals surface area contributed by atoms with E-state index in [1.807, 2.05) is 0 Å². The molecule has 0 aliphatic rings. The van der Waals surface area contributed by atoms with E-state index >= 15 is 0 Å². The van der Waals surface area contributed by atoms with Crippen molar-refractivity contribution in [3.05, 3.63) is 50.4 Å². The molecule has 6 heteroatoms. The summed E-state index contributed by atoms with van der Waals surface area (Å²) in [7, 11) is 1.32. The zero-order valence-corrected chi connectivity index (χ0v) is 11.9. The Kier molecular flexibility index (Phi) is 4.11. The lowest BCUT2D eigenvalue weighted by Gasteiger charge is -2.10. The van der Waals surface area contributed by atoms with Gasteiger partial charge in [0.05, 0.1) is 12.7 Å². The van der Waals surface area contributed by atoms with Crippen LogP contribution in [0.5, 0.6) is 0 Å². The summed E-state index contributed by atoms with van der Waals surface area (Å²) >= 11 is 4.67. The molecular weight excluding hydrogens is 318 g/mol. The average molecular weight is 328 g/mol. The van der Waals surface area contributed by atoms with Crippen LogP contribution in [0.15, 0.2) is 34.2 Å². The highest BCUT2D eigenvalue weighted by Gasteiger charge is 2.16. The molecule has 18 heavy (non-hydrogen) atoms. The van der Waals surface area contributed by atoms with Crippen LogP contribution in [-0.4, -0.2) is 23.2 Å². The zero-order valence-electron chi connectivity index (χ0n) is 9.46. The summed E-state index contributed by atoms with van der Waals surface area (Å²) < 4.78 is 5.37. The molecular formula is C12H10BrNO3S. The SMILES string of the molecule is COC(=O)c1cc(Br)cc(C(O)c2nccs2)c1. The molecule has 0 fully saturated rings. The van der Waals surface area contributed by atoms with Gasteiger partial charge in [-0.1, -0.05) is 15.9 Å². The van der Waals surface area contributed by atoms with Crippen LogP contribution in [0.2, 0.25) is 0 Å². The van der Waals surface area contributed by atoms with Crippen molar-refractivity contribution in [1.29, 1.82) is 0 Å². The summed E-state index contributed by atoms with van der Waals surface area (Å²) in [5.74, 6) is -0.441. The fraction of sp³-hybridized carbons (Fsp3) is 0.167. The number of esters is 1. The van der Waals surface area contributed by atoms with Crippen LogP contribution in [0, 0.1) is 0 Å². The minimum Gasteiger partial charge on any atom is -0.465 e. The maximum atomic E-state index is 11.5. The lowest BCUT2D eigenvalue weighted by atomic mass is 10.1. The molecule has 2 aromatic rings. The van der Waals surface area contributed by atoms with Crippen molar-refractivity contribution in [1.82, 2.24) is 4.98 Å². The second-order valence-corrected chi connectivity index (χ2v) is 5.38. The molecule has 2 rings (SSSR count). The monoisotopic (exact) mass is 327 g/mol. The molecule has 0 bridgehead atoms. The molecule has 0 aliphatic carbocycles. The number of aromatic nitrogens is 1. The van der Waals surface area contributed by atoms with Gasteiger partial charge in [-0.2, -0.15) is 0 Å². The zero-order chi connectivity index (χ0) is 13.1. The standard InChI is InChI=1S/C12H10BrNO3S/c1-17-12(16)8-4-7(5-9(13)6-8)10(15)11-14-2-3-18-11/h2-6,10,15H,1H3. The van der Waals surface area contributed by atoms with Crippen LogP contribution < -0.4 is 0 Å². The summed E-state index contributed by atoms with van der Waals surface area (Å²) in [6, 6.07) is 4.99. The third-order valence-electron chi connectivity index (χ3n) is 2.34. The van der Waals surface area contributed by atoms with Crippen LogP contribution in [0.3, 0.4) is 0 Å². The topological polar surface area (TPSA) is 59.4 Å².